The molecule has 1 aliphatic carbocycles. The highest BCUT2D eigenvalue weighted by atomic mass is 32.2. The predicted molar refractivity (Wildman–Crippen MR) is 192 cm³/mol. The van der Waals surface area contributed by atoms with Crippen LogP contribution in [0.4, 0.5) is 11.4 Å². The molecule has 7 rings (SSSR count). The van der Waals surface area contributed by atoms with E-state index in [1.807, 2.05) is 6.08 Å². The molecule has 3 aliphatic rings. The molecule has 1 amide bonds. The van der Waals surface area contributed by atoms with Crippen molar-refractivity contribution in [2.24, 2.45) is 0 Å². The van der Waals surface area contributed by atoms with Gasteiger partial charge in [-0.05, 0) is 89.6 Å². The molecule has 0 radical (unpaired) electrons. The predicted octanol–water partition coefficient (Wildman–Crippen LogP) is 8.83. The number of thioether (sulfide) groups is 1. The average molecular weight is 643 g/mol. The van der Waals surface area contributed by atoms with E-state index in [1.165, 1.54) is 56.7 Å². The molecule has 7 heteroatoms. The molecule has 4 aromatic carbocycles. The summed E-state index contributed by atoms with van der Waals surface area (Å²) in [5, 5.41) is 0. The molecule has 46 heavy (non-hydrogen) atoms. The summed E-state index contributed by atoms with van der Waals surface area (Å²) in [4.78, 5) is 29.5. The van der Waals surface area contributed by atoms with E-state index in [0.29, 0.717) is 21.2 Å². The van der Waals surface area contributed by atoms with E-state index in [-0.39, 0.29) is 19.1 Å². The van der Waals surface area contributed by atoms with Crippen LogP contribution < -0.4 is 4.90 Å². The van der Waals surface area contributed by atoms with E-state index in [2.05, 4.69) is 114 Å². The Bertz CT molecular complexity index is 1810. The first-order chi connectivity index (χ1) is 22.5. The molecule has 0 bridgehead atoms. The van der Waals surface area contributed by atoms with Gasteiger partial charge in [-0.3, -0.25) is 14.5 Å². The quantitative estimate of drug-likeness (QED) is 0.0829. The molecule has 1 saturated carbocycles. The van der Waals surface area contributed by atoms with Gasteiger partial charge in [-0.2, -0.15) is 0 Å². The van der Waals surface area contributed by atoms with Crippen molar-refractivity contribution >= 4 is 69.3 Å². The maximum Gasteiger partial charge on any atom is 0.326 e. The van der Waals surface area contributed by atoms with Crippen LogP contribution in [0, 0.1) is 0 Å². The second kappa shape index (κ2) is 13.1. The van der Waals surface area contributed by atoms with Gasteiger partial charge in [0.1, 0.15) is 10.9 Å². The zero-order valence-electron chi connectivity index (χ0n) is 25.6. The average Bonchev–Trinajstić information content (AvgIpc) is 3.75. The van der Waals surface area contributed by atoms with Gasteiger partial charge in [0.25, 0.3) is 5.91 Å². The second-order valence-corrected chi connectivity index (χ2v) is 13.4. The minimum atomic E-state index is -0.457. The van der Waals surface area contributed by atoms with Gasteiger partial charge in [0.05, 0.1) is 11.5 Å². The summed E-state index contributed by atoms with van der Waals surface area (Å²) < 4.78 is 5.40. The molecule has 2 atom stereocenters. The third-order valence-corrected chi connectivity index (χ3v) is 10.3. The standard InChI is InChI=1S/C39H34N2O3S2/c1-2-44-37(42)25-40-38(43)36(46-39(40)45)24-27-18-21-35-33(23-27)31-14-9-15-34(31)41(35)30-19-16-26(17-20-30)22-32(28-10-5-3-6-11-28)29-12-7-4-8-13-29/h3-8,10-13,16-24,31,34H,2,9,14-15,25H2,1H3/b36-24+. The number of hydrogen-bond donors (Lipinski definition) is 0. The van der Waals surface area contributed by atoms with Crippen LogP contribution in [0.25, 0.3) is 17.7 Å². The van der Waals surface area contributed by atoms with Crippen LogP contribution in [0.2, 0.25) is 0 Å². The van der Waals surface area contributed by atoms with Crippen LogP contribution in [-0.4, -0.2) is 40.3 Å². The number of fused-ring (bicyclic) bond motifs is 3. The molecule has 2 heterocycles. The van der Waals surface area contributed by atoms with Gasteiger partial charge in [-0.1, -0.05) is 109 Å². The Morgan fingerprint density at radius 3 is 2.26 bits per heavy atom. The number of thiocarbonyl (C=S) groups is 1. The fourth-order valence-corrected chi connectivity index (χ4v) is 8.15. The van der Waals surface area contributed by atoms with E-state index in [1.54, 1.807) is 6.92 Å². The highest BCUT2D eigenvalue weighted by Crippen LogP contribution is 2.52. The molecular formula is C39H34N2O3S2. The van der Waals surface area contributed by atoms with Gasteiger partial charge in [-0.15, -0.1) is 0 Å². The number of ether oxygens (including phenoxy) is 1. The number of hydrogen-bond acceptors (Lipinski definition) is 6. The van der Waals surface area contributed by atoms with Gasteiger partial charge in [0, 0.05) is 23.3 Å². The lowest BCUT2D eigenvalue weighted by molar-refractivity contribution is -0.145. The molecular weight excluding hydrogens is 609 g/mol. The van der Waals surface area contributed by atoms with Crippen LogP contribution in [0.15, 0.2) is 108 Å². The van der Waals surface area contributed by atoms with Crippen molar-refractivity contribution in [3.8, 4) is 0 Å². The molecule has 0 N–H and O–H groups in total. The van der Waals surface area contributed by atoms with Crippen LogP contribution in [-0.2, 0) is 14.3 Å². The zero-order valence-corrected chi connectivity index (χ0v) is 27.2. The molecule has 1 saturated heterocycles. The summed E-state index contributed by atoms with van der Waals surface area (Å²) in [6.07, 6.45) is 7.66. The van der Waals surface area contributed by atoms with Crippen LogP contribution in [0.5, 0.6) is 0 Å². The van der Waals surface area contributed by atoms with Gasteiger partial charge < -0.3 is 9.64 Å². The van der Waals surface area contributed by atoms with E-state index < -0.39 is 5.97 Å². The minimum absolute atomic E-state index is 0.160. The Morgan fingerprint density at radius 1 is 0.913 bits per heavy atom. The SMILES string of the molecule is CCOC(=O)CN1C(=O)/C(=C\c2ccc3c(c2)C2CCCC2N3c2ccc(C=C(c3ccccc3)c3ccccc3)cc2)SC1=S. The first-order valence-corrected chi connectivity index (χ1v) is 17.0. The number of rotatable bonds is 8. The van der Waals surface area contributed by atoms with Gasteiger partial charge in [-0.25, -0.2) is 0 Å². The lowest BCUT2D eigenvalue weighted by atomic mass is 9.95. The van der Waals surface area contributed by atoms with Crippen molar-refractivity contribution in [2.45, 2.75) is 38.1 Å². The summed E-state index contributed by atoms with van der Waals surface area (Å²) in [5.74, 6) is -0.258. The summed E-state index contributed by atoms with van der Waals surface area (Å²) >= 11 is 6.65. The number of esters is 1. The van der Waals surface area contributed by atoms with E-state index in [4.69, 9.17) is 17.0 Å². The molecule has 0 spiro atoms. The Labute approximate surface area is 279 Å². The number of benzene rings is 4. The fraction of sp³-hybridized carbons (Fsp3) is 0.205. The molecule has 5 nitrogen and oxygen atoms in total. The normalized spacial score (nSPS) is 19.4. The molecule has 230 valence electrons. The smallest absolute Gasteiger partial charge is 0.326 e. The maximum absolute atomic E-state index is 13.1. The zero-order chi connectivity index (χ0) is 31.6. The molecule has 2 fully saturated rings. The largest absolute Gasteiger partial charge is 0.465 e. The molecule has 2 aliphatic heterocycles. The van der Waals surface area contributed by atoms with E-state index in [9.17, 15) is 9.59 Å². The molecule has 4 aromatic rings. The minimum Gasteiger partial charge on any atom is -0.465 e. The topological polar surface area (TPSA) is 49.9 Å². The van der Waals surface area contributed by atoms with Crippen molar-refractivity contribution < 1.29 is 14.3 Å². The van der Waals surface area contributed by atoms with E-state index >= 15 is 0 Å². The van der Waals surface area contributed by atoms with Gasteiger partial charge >= 0.3 is 5.97 Å². The fourth-order valence-electron chi connectivity index (χ4n) is 6.89. The number of carbonyl (C=O) groups excluding carboxylic acids is 2. The Balaban J connectivity index is 1.16. The Morgan fingerprint density at radius 2 is 1.59 bits per heavy atom. The lowest BCUT2D eigenvalue weighted by Gasteiger charge is -2.27. The van der Waals surface area contributed by atoms with Crippen molar-refractivity contribution in [1.29, 1.82) is 0 Å². The summed E-state index contributed by atoms with van der Waals surface area (Å²) in [7, 11) is 0. The van der Waals surface area contributed by atoms with Gasteiger partial charge in [0.15, 0.2) is 0 Å². The number of amides is 1. The van der Waals surface area contributed by atoms with E-state index in [0.717, 1.165) is 24.0 Å². The third kappa shape index (κ3) is 5.93. The van der Waals surface area contributed by atoms with Crippen molar-refractivity contribution in [2.75, 3.05) is 18.1 Å². The summed E-state index contributed by atoms with van der Waals surface area (Å²) in [5.41, 5.74) is 9.47. The van der Waals surface area contributed by atoms with Crippen molar-refractivity contribution in [3.05, 3.63) is 136 Å². The summed E-state index contributed by atoms with van der Waals surface area (Å²) in [6.45, 7) is 1.85. The molecule has 2 unspecified atom stereocenters. The van der Waals surface area contributed by atoms with Crippen molar-refractivity contribution in [1.82, 2.24) is 4.90 Å². The highest BCUT2D eigenvalue weighted by molar-refractivity contribution is 8.26. The molecule has 0 aromatic heterocycles. The highest BCUT2D eigenvalue weighted by Gasteiger charge is 2.42. The number of carbonyl (C=O) groups is 2. The lowest BCUT2D eigenvalue weighted by Crippen LogP contribution is -2.34. The Kier molecular flexibility index (Phi) is 8.61. The van der Waals surface area contributed by atoms with Crippen LogP contribution in [0.3, 0.4) is 0 Å². The second-order valence-electron chi connectivity index (χ2n) is 11.7. The first-order valence-electron chi connectivity index (χ1n) is 15.8. The van der Waals surface area contributed by atoms with Crippen LogP contribution in [0.1, 0.15) is 59.9 Å². The third-order valence-electron chi connectivity index (χ3n) is 8.94. The van der Waals surface area contributed by atoms with Crippen molar-refractivity contribution in [3.63, 3.8) is 0 Å². The number of anilines is 2. The van der Waals surface area contributed by atoms with Crippen LogP contribution >= 0.6 is 24.0 Å². The monoisotopic (exact) mass is 642 g/mol. The summed E-state index contributed by atoms with van der Waals surface area (Å²) in [6, 6.07) is 36.9. The maximum atomic E-state index is 13.1. The Hall–Kier alpha value is -4.46. The first kappa shape index (κ1) is 30.2. The van der Waals surface area contributed by atoms with Gasteiger partial charge in [0.2, 0.25) is 0 Å². The number of nitrogens with zero attached hydrogens (tertiary/aromatic N) is 2.